The molecule has 1 atom stereocenters. The Bertz CT molecular complexity index is 1020. The van der Waals surface area contributed by atoms with Gasteiger partial charge in [0.1, 0.15) is 17.5 Å². The van der Waals surface area contributed by atoms with Crippen molar-refractivity contribution in [3.05, 3.63) is 54.1 Å². The number of alkyl halides is 3. The van der Waals surface area contributed by atoms with Crippen LogP contribution in [-0.2, 0) is 9.59 Å². The molecule has 3 rings (SSSR count). The first kappa shape index (κ1) is 21.6. The molecule has 4 N–H and O–H groups in total. The van der Waals surface area contributed by atoms with Gasteiger partial charge in [0.05, 0.1) is 12.6 Å². The number of halogens is 3. The molecule has 2 aromatic carbocycles. The standard InChI is InChI=1S/C19H16F3N5O4/c20-19(21,22)31-13-7-5-12(6-8-13)24-16(29)9-14-17(30)26-18(25-14)27-23-10-11-3-1-2-4-15(11)28/h1-8,10,14,28H,9H2,(H,24,29)(H2,25,26,27,30). The number of guanidine groups is 1. The van der Waals surface area contributed by atoms with Gasteiger partial charge in [0.2, 0.25) is 11.9 Å². The molecule has 9 nitrogen and oxygen atoms in total. The van der Waals surface area contributed by atoms with Gasteiger partial charge in [-0.05, 0) is 36.4 Å². The highest BCUT2D eigenvalue weighted by Crippen LogP contribution is 2.24. The average molecular weight is 435 g/mol. The summed E-state index contributed by atoms with van der Waals surface area (Å²) in [5.41, 5.74) is 3.18. The van der Waals surface area contributed by atoms with Crippen molar-refractivity contribution < 1.29 is 32.6 Å². The Labute approximate surface area is 173 Å². The van der Waals surface area contributed by atoms with Crippen LogP contribution in [0.25, 0.3) is 0 Å². The van der Waals surface area contributed by atoms with Crippen LogP contribution in [0.15, 0.2) is 58.6 Å². The van der Waals surface area contributed by atoms with Gasteiger partial charge in [0, 0.05) is 11.3 Å². The molecule has 2 amide bonds. The fourth-order valence-electron chi connectivity index (χ4n) is 2.53. The number of benzene rings is 2. The zero-order valence-corrected chi connectivity index (χ0v) is 15.7. The van der Waals surface area contributed by atoms with Crippen LogP contribution in [0.2, 0.25) is 0 Å². The maximum Gasteiger partial charge on any atom is 0.573 e. The van der Waals surface area contributed by atoms with Crippen molar-refractivity contribution in [1.29, 1.82) is 0 Å². The van der Waals surface area contributed by atoms with E-state index >= 15 is 0 Å². The predicted molar refractivity (Wildman–Crippen MR) is 105 cm³/mol. The number of rotatable bonds is 6. The minimum atomic E-state index is -4.81. The third-order valence-corrected chi connectivity index (χ3v) is 3.89. The van der Waals surface area contributed by atoms with Crippen molar-refractivity contribution >= 4 is 29.7 Å². The first-order valence-electron chi connectivity index (χ1n) is 8.81. The Kier molecular flexibility index (Phi) is 6.38. The summed E-state index contributed by atoms with van der Waals surface area (Å²) in [5, 5.41) is 18.4. The van der Waals surface area contributed by atoms with E-state index < -0.39 is 30.0 Å². The monoisotopic (exact) mass is 435 g/mol. The van der Waals surface area contributed by atoms with E-state index in [0.717, 1.165) is 12.1 Å². The largest absolute Gasteiger partial charge is 0.573 e. The maximum absolute atomic E-state index is 12.2. The summed E-state index contributed by atoms with van der Waals surface area (Å²) in [6.45, 7) is 0. The number of para-hydroxylation sites is 1. The lowest BCUT2D eigenvalue weighted by Gasteiger charge is -2.10. The third-order valence-electron chi connectivity index (χ3n) is 3.89. The number of carbonyl (C=O) groups excluding carboxylic acids is 2. The highest BCUT2D eigenvalue weighted by molar-refractivity contribution is 6.07. The number of hydrogen-bond donors (Lipinski definition) is 4. The van der Waals surface area contributed by atoms with Crippen molar-refractivity contribution in [2.24, 2.45) is 10.1 Å². The van der Waals surface area contributed by atoms with Crippen LogP contribution >= 0.6 is 0 Å². The van der Waals surface area contributed by atoms with E-state index in [9.17, 15) is 27.9 Å². The molecule has 0 fully saturated rings. The van der Waals surface area contributed by atoms with Crippen LogP contribution in [-0.4, -0.2) is 41.5 Å². The Morgan fingerprint density at radius 2 is 1.94 bits per heavy atom. The number of anilines is 1. The molecule has 31 heavy (non-hydrogen) atoms. The summed E-state index contributed by atoms with van der Waals surface area (Å²) >= 11 is 0. The molecule has 0 saturated carbocycles. The van der Waals surface area contributed by atoms with E-state index in [1.54, 1.807) is 18.2 Å². The molecule has 1 aliphatic heterocycles. The number of amides is 2. The summed E-state index contributed by atoms with van der Waals surface area (Å²) in [6.07, 6.45) is -3.77. The van der Waals surface area contributed by atoms with Gasteiger partial charge in [-0.2, -0.15) is 5.10 Å². The normalized spacial score (nSPS) is 16.0. The summed E-state index contributed by atoms with van der Waals surface area (Å²) < 4.78 is 40.2. The molecule has 0 bridgehead atoms. The predicted octanol–water partition coefficient (Wildman–Crippen LogP) is 2.10. The molecule has 0 aromatic heterocycles. The van der Waals surface area contributed by atoms with Crippen molar-refractivity contribution in [2.45, 2.75) is 18.8 Å². The minimum Gasteiger partial charge on any atom is -0.507 e. The summed E-state index contributed by atoms with van der Waals surface area (Å²) in [5.74, 6) is -1.46. The van der Waals surface area contributed by atoms with Crippen LogP contribution < -0.4 is 20.8 Å². The number of aromatic hydroxyl groups is 1. The first-order chi connectivity index (χ1) is 14.7. The van der Waals surface area contributed by atoms with Crippen molar-refractivity contribution in [2.75, 3.05) is 5.32 Å². The van der Waals surface area contributed by atoms with Gasteiger partial charge >= 0.3 is 6.36 Å². The second kappa shape index (κ2) is 9.15. The number of hydrazone groups is 1. The second-order valence-electron chi connectivity index (χ2n) is 6.24. The van der Waals surface area contributed by atoms with E-state index in [2.05, 4.69) is 30.9 Å². The highest BCUT2D eigenvalue weighted by Gasteiger charge is 2.31. The summed E-state index contributed by atoms with van der Waals surface area (Å²) in [6, 6.07) is 10.0. The molecule has 0 saturated heterocycles. The number of nitrogens with one attached hydrogen (secondary N) is 3. The zero-order chi connectivity index (χ0) is 22.4. The quantitative estimate of drug-likeness (QED) is 0.409. The lowest BCUT2D eigenvalue weighted by molar-refractivity contribution is -0.274. The molecule has 1 heterocycles. The number of carbonyl (C=O) groups is 2. The van der Waals surface area contributed by atoms with Gasteiger partial charge in [0.15, 0.2) is 0 Å². The lowest BCUT2D eigenvalue weighted by Crippen LogP contribution is -2.35. The molecule has 2 aromatic rings. The molecule has 162 valence electrons. The van der Waals surface area contributed by atoms with Crippen LogP contribution in [0.4, 0.5) is 18.9 Å². The first-order valence-corrected chi connectivity index (χ1v) is 8.81. The van der Waals surface area contributed by atoms with Crippen molar-refractivity contribution in [3.63, 3.8) is 0 Å². The van der Waals surface area contributed by atoms with Crippen LogP contribution in [0.3, 0.4) is 0 Å². The smallest absolute Gasteiger partial charge is 0.507 e. The van der Waals surface area contributed by atoms with E-state index in [1.807, 2.05) is 0 Å². The van der Waals surface area contributed by atoms with E-state index in [4.69, 9.17) is 0 Å². The second-order valence-corrected chi connectivity index (χ2v) is 6.24. The molecule has 0 aliphatic carbocycles. The average Bonchev–Trinajstić information content (AvgIpc) is 3.03. The van der Waals surface area contributed by atoms with Gasteiger partial charge in [-0.3, -0.25) is 14.9 Å². The maximum atomic E-state index is 12.2. The minimum absolute atomic E-state index is 0.0259. The molecule has 1 unspecified atom stereocenters. The Hall–Kier alpha value is -4.09. The molecule has 1 aliphatic rings. The van der Waals surface area contributed by atoms with Crippen LogP contribution in [0, 0.1) is 0 Å². The molecule has 12 heteroatoms. The van der Waals surface area contributed by atoms with Gasteiger partial charge in [-0.25, -0.2) is 10.4 Å². The van der Waals surface area contributed by atoms with Crippen molar-refractivity contribution in [3.8, 4) is 11.5 Å². The fraction of sp³-hybridized carbons (Fsp3) is 0.158. The topological polar surface area (TPSA) is 124 Å². The number of aliphatic imine (C=N–C) groups is 1. The van der Waals surface area contributed by atoms with Gasteiger partial charge in [0.25, 0.3) is 5.91 Å². The zero-order valence-electron chi connectivity index (χ0n) is 15.7. The van der Waals surface area contributed by atoms with Gasteiger partial charge in [-0.1, -0.05) is 12.1 Å². The molecule has 0 spiro atoms. The van der Waals surface area contributed by atoms with Crippen molar-refractivity contribution in [1.82, 2.24) is 10.7 Å². The van der Waals surface area contributed by atoms with E-state index in [1.165, 1.54) is 24.4 Å². The number of phenolic OH excluding ortho intramolecular Hbond substituents is 1. The number of ether oxygens (including phenoxy) is 1. The Morgan fingerprint density at radius 1 is 1.23 bits per heavy atom. The van der Waals surface area contributed by atoms with Crippen LogP contribution in [0.1, 0.15) is 12.0 Å². The number of phenols is 1. The van der Waals surface area contributed by atoms with Gasteiger partial charge < -0.3 is 15.2 Å². The van der Waals surface area contributed by atoms with E-state index in [0.29, 0.717) is 5.56 Å². The highest BCUT2D eigenvalue weighted by atomic mass is 19.4. The van der Waals surface area contributed by atoms with Crippen LogP contribution in [0.5, 0.6) is 11.5 Å². The Balaban J connectivity index is 1.52. The molecule has 0 radical (unpaired) electrons. The number of nitrogens with zero attached hydrogens (tertiary/aromatic N) is 2. The third kappa shape index (κ3) is 6.45. The summed E-state index contributed by atoms with van der Waals surface area (Å²) in [4.78, 5) is 28.1. The van der Waals surface area contributed by atoms with Gasteiger partial charge in [-0.15, -0.1) is 13.2 Å². The molecular formula is C19H16F3N5O4. The van der Waals surface area contributed by atoms with E-state index in [-0.39, 0.29) is 23.8 Å². The summed E-state index contributed by atoms with van der Waals surface area (Å²) in [7, 11) is 0. The fourth-order valence-corrected chi connectivity index (χ4v) is 2.53. The SMILES string of the molecule is O=C(CC1N=C(NN=Cc2ccccc2O)NC1=O)Nc1ccc(OC(F)(F)F)cc1. The Morgan fingerprint density at radius 3 is 2.61 bits per heavy atom. The number of hydrogen-bond acceptors (Lipinski definition) is 7. The molecular weight excluding hydrogens is 419 g/mol. The lowest BCUT2D eigenvalue weighted by atomic mass is 10.2.